The maximum atomic E-state index is 12.4. The highest BCUT2D eigenvalue weighted by molar-refractivity contribution is 6.01. The molecule has 0 fully saturated rings. The van der Waals surface area contributed by atoms with E-state index in [-0.39, 0.29) is 5.76 Å². The van der Waals surface area contributed by atoms with E-state index in [4.69, 9.17) is 9.15 Å². The minimum absolute atomic E-state index is 0.139. The minimum Gasteiger partial charge on any atom is -0.497 e. The van der Waals surface area contributed by atoms with Crippen LogP contribution in [0.15, 0.2) is 46.9 Å². The Morgan fingerprint density at radius 3 is 2.48 bits per heavy atom. The number of anilines is 1. The average molecular weight is 367 g/mol. The van der Waals surface area contributed by atoms with Gasteiger partial charge < -0.3 is 14.1 Å². The Bertz CT molecular complexity index is 1010. The number of rotatable bonds is 4. The molecule has 0 atom stereocenters. The van der Waals surface area contributed by atoms with Gasteiger partial charge in [-0.15, -0.1) is 0 Å². The fraction of sp³-hybridized carbons (Fsp3) is 0.200. The molecule has 2 N–H and O–H groups in total. The Morgan fingerprint density at radius 1 is 1.04 bits per heavy atom. The van der Waals surface area contributed by atoms with Crippen LogP contribution in [0.4, 0.5) is 5.69 Å². The molecular formula is C20H21N3O4. The van der Waals surface area contributed by atoms with Crippen LogP contribution in [0.1, 0.15) is 26.5 Å². The third-order valence-electron chi connectivity index (χ3n) is 4.26. The van der Waals surface area contributed by atoms with Crippen molar-refractivity contribution in [2.24, 2.45) is 0 Å². The van der Waals surface area contributed by atoms with E-state index in [1.54, 1.807) is 50.4 Å². The molecule has 3 aromatic rings. The zero-order chi connectivity index (χ0) is 19.6. The molecule has 0 aliphatic heterocycles. The van der Waals surface area contributed by atoms with Gasteiger partial charge in [0.25, 0.3) is 5.91 Å². The number of amides is 2. The summed E-state index contributed by atoms with van der Waals surface area (Å²) < 4.78 is 10.8. The van der Waals surface area contributed by atoms with E-state index in [0.717, 1.165) is 11.1 Å². The van der Waals surface area contributed by atoms with Gasteiger partial charge in [-0.1, -0.05) is 6.07 Å². The van der Waals surface area contributed by atoms with E-state index in [9.17, 15) is 9.59 Å². The quantitative estimate of drug-likeness (QED) is 0.693. The average Bonchev–Trinajstić information content (AvgIpc) is 3.02. The first-order valence-corrected chi connectivity index (χ1v) is 8.36. The second kappa shape index (κ2) is 7.41. The molecule has 0 aliphatic carbocycles. The lowest BCUT2D eigenvalue weighted by Crippen LogP contribution is -2.41. The van der Waals surface area contributed by atoms with Gasteiger partial charge in [-0.05, 0) is 43.3 Å². The van der Waals surface area contributed by atoms with Crippen molar-refractivity contribution in [1.29, 1.82) is 0 Å². The van der Waals surface area contributed by atoms with Gasteiger partial charge in [0.2, 0.25) is 0 Å². The summed E-state index contributed by atoms with van der Waals surface area (Å²) in [5, 5.41) is 0.782. The van der Waals surface area contributed by atoms with Crippen molar-refractivity contribution in [2.45, 2.75) is 6.92 Å². The van der Waals surface area contributed by atoms with Crippen molar-refractivity contribution in [3.05, 3.63) is 59.4 Å². The van der Waals surface area contributed by atoms with Crippen molar-refractivity contribution in [3.8, 4) is 5.75 Å². The van der Waals surface area contributed by atoms with Crippen molar-refractivity contribution in [1.82, 2.24) is 10.9 Å². The Kier molecular flexibility index (Phi) is 5.03. The van der Waals surface area contributed by atoms with Gasteiger partial charge in [0.15, 0.2) is 5.76 Å². The summed E-state index contributed by atoms with van der Waals surface area (Å²) in [5.74, 6) is -0.129. The molecule has 0 saturated heterocycles. The molecular weight excluding hydrogens is 346 g/mol. The molecule has 3 rings (SSSR count). The number of hydrogen-bond acceptors (Lipinski definition) is 5. The van der Waals surface area contributed by atoms with E-state index < -0.39 is 11.8 Å². The highest BCUT2D eigenvalue weighted by atomic mass is 16.5. The van der Waals surface area contributed by atoms with Gasteiger partial charge in [0.1, 0.15) is 11.3 Å². The third kappa shape index (κ3) is 3.72. The number of fused-ring (bicyclic) bond motifs is 1. The summed E-state index contributed by atoms with van der Waals surface area (Å²) in [6.45, 7) is 1.78. The van der Waals surface area contributed by atoms with Crippen molar-refractivity contribution >= 4 is 28.5 Å². The fourth-order valence-electron chi connectivity index (χ4n) is 2.71. The van der Waals surface area contributed by atoms with Crippen LogP contribution < -0.4 is 20.5 Å². The number of furan rings is 1. The lowest BCUT2D eigenvalue weighted by atomic mass is 10.1. The standard InChI is InChI=1S/C20H21N3O4/c1-12-16-11-15(26-4)8-9-17(16)27-18(12)20(25)22-21-19(24)13-6-5-7-14(10-13)23(2)3/h5-11H,1-4H3,(H,21,24)(H,22,25). The van der Waals surface area contributed by atoms with Gasteiger partial charge in [-0.3, -0.25) is 20.4 Å². The van der Waals surface area contributed by atoms with Crippen molar-refractivity contribution in [2.75, 3.05) is 26.1 Å². The molecule has 0 unspecified atom stereocenters. The predicted molar refractivity (Wildman–Crippen MR) is 103 cm³/mol. The van der Waals surface area contributed by atoms with E-state index in [1.165, 1.54) is 0 Å². The highest BCUT2D eigenvalue weighted by Gasteiger charge is 2.19. The molecule has 2 amide bonds. The summed E-state index contributed by atoms with van der Waals surface area (Å²) in [7, 11) is 5.35. The maximum Gasteiger partial charge on any atom is 0.305 e. The molecule has 0 bridgehead atoms. The third-order valence-corrected chi connectivity index (χ3v) is 4.26. The summed E-state index contributed by atoms with van der Waals surface area (Å²) in [6.07, 6.45) is 0. The lowest BCUT2D eigenvalue weighted by molar-refractivity contribution is 0.0831. The number of carbonyl (C=O) groups excluding carboxylic acids is 2. The smallest absolute Gasteiger partial charge is 0.305 e. The number of hydrazine groups is 1. The summed E-state index contributed by atoms with van der Waals surface area (Å²) in [4.78, 5) is 26.6. The monoisotopic (exact) mass is 367 g/mol. The number of ether oxygens (including phenoxy) is 1. The number of carbonyl (C=O) groups is 2. The second-order valence-electron chi connectivity index (χ2n) is 6.27. The van der Waals surface area contributed by atoms with Gasteiger partial charge in [-0.25, -0.2) is 0 Å². The molecule has 0 aliphatic rings. The van der Waals surface area contributed by atoms with Crippen molar-refractivity contribution < 1.29 is 18.7 Å². The molecule has 2 aromatic carbocycles. The molecule has 1 heterocycles. The van der Waals surface area contributed by atoms with Crippen LogP contribution in [0.2, 0.25) is 0 Å². The minimum atomic E-state index is -0.528. The topological polar surface area (TPSA) is 83.8 Å². The molecule has 0 saturated carbocycles. The maximum absolute atomic E-state index is 12.4. The van der Waals surface area contributed by atoms with E-state index >= 15 is 0 Å². The first-order chi connectivity index (χ1) is 12.9. The van der Waals surface area contributed by atoms with E-state index in [2.05, 4.69) is 10.9 Å². The van der Waals surface area contributed by atoms with Crippen LogP contribution >= 0.6 is 0 Å². The first-order valence-electron chi connectivity index (χ1n) is 8.36. The Hall–Kier alpha value is -3.48. The predicted octanol–water partition coefficient (Wildman–Crippen LogP) is 2.89. The number of nitrogens with zero attached hydrogens (tertiary/aromatic N) is 1. The van der Waals surface area contributed by atoms with Gasteiger partial charge in [0.05, 0.1) is 7.11 Å². The summed E-state index contributed by atoms with van der Waals surface area (Å²) in [5.41, 5.74) is 7.38. The Morgan fingerprint density at radius 2 is 1.78 bits per heavy atom. The van der Waals surface area contributed by atoms with Crippen LogP contribution in [0.25, 0.3) is 11.0 Å². The van der Waals surface area contributed by atoms with Crippen LogP contribution in [0.3, 0.4) is 0 Å². The SMILES string of the molecule is COc1ccc2oc(C(=O)NNC(=O)c3cccc(N(C)C)c3)c(C)c2c1. The van der Waals surface area contributed by atoms with Gasteiger partial charge >= 0.3 is 5.91 Å². The highest BCUT2D eigenvalue weighted by Crippen LogP contribution is 2.28. The van der Waals surface area contributed by atoms with Crippen molar-refractivity contribution in [3.63, 3.8) is 0 Å². The fourth-order valence-corrected chi connectivity index (χ4v) is 2.71. The number of benzene rings is 2. The largest absolute Gasteiger partial charge is 0.497 e. The zero-order valence-corrected chi connectivity index (χ0v) is 15.6. The first kappa shape index (κ1) is 18.3. The Balaban J connectivity index is 1.74. The van der Waals surface area contributed by atoms with Crippen LogP contribution in [-0.4, -0.2) is 33.0 Å². The lowest BCUT2D eigenvalue weighted by Gasteiger charge is -2.13. The molecule has 7 nitrogen and oxygen atoms in total. The second-order valence-corrected chi connectivity index (χ2v) is 6.27. The molecule has 1 aromatic heterocycles. The Labute approximate surface area is 156 Å². The zero-order valence-electron chi connectivity index (χ0n) is 15.6. The molecule has 0 spiro atoms. The molecule has 27 heavy (non-hydrogen) atoms. The van der Waals surface area contributed by atoms with Gasteiger partial charge in [0, 0.05) is 36.3 Å². The van der Waals surface area contributed by atoms with E-state index in [1.807, 2.05) is 25.1 Å². The number of methoxy groups -OCH3 is 1. The molecule has 7 heteroatoms. The van der Waals surface area contributed by atoms with E-state index in [0.29, 0.717) is 22.5 Å². The van der Waals surface area contributed by atoms with Crippen LogP contribution in [0.5, 0.6) is 5.75 Å². The normalized spacial score (nSPS) is 10.5. The number of hydrogen-bond donors (Lipinski definition) is 2. The number of aryl methyl sites for hydroxylation is 1. The van der Waals surface area contributed by atoms with Crippen LogP contribution in [0, 0.1) is 6.92 Å². The molecule has 140 valence electrons. The summed E-state index contributed by atoms with van der Waals surface area (Å²) >= 11 is 0. The van der Waals surface area contributed by atoms with Crippen LogP contribution in [-0.2, 0) is 0 Å². The number of nitrogens with one attached hydrogen (secondary N) is 2. The summed E-state index contributed by atoms with van der Waals surface area (Å²) in [6, 6.07) is 12.4. The van der Waals surface area contributed by atoms with Gasteiger partial charge in [-0.2, -0.15) is 0 Å². The molecule has 0 radical (unpaired) electrons.